The molecule has 0 spiro atoms. The van der Waals surface area contributed by atoms with Gasteiger partial charge >= 0.3 is 0 Å². The Morgan fingerprint density at radius 1 is 1.50 bits per heavy atom. The van der Waals surface area contributed by atoms with E-state index in [1.807, 2.05) is 17.4 Å². The molecule has 2 heteroatoms. The monoisotopic (exact) mass is 108 g/mol. The highest BCUT2D eigenvalue weighted by atomic mass is 15.5. The summed E-state index contributed by atoms with van der Waals surface area (Å²) in [6.07, 6.45) is 8.51. The summed E-state index contributed by atoms with van der Waals surface area (Å²) >= 11 is 0. The summed E-state index contributed by atoms with van der Waals surface area (Å²) in [6.45, 7) is 0. The first kappa shape index (κ1) is 4.13. The van der Waals surface area contributed by atoms with Gasteiger partial charge in [-0.15, -0.1) is 0 Å². The van der Waals surface area contributed by atoms with E-state index in [4.69, 9.17) is 0 Å². The molecule has 0 aromatic heterocycles. The fourth-order valence-electron chi connectivity index (χ4n) is 1.16. The number of nitrogens with zero attached hydrogens (tertiary/aromatic N) is 2. The number of rotatable bonds is 0. The van der Waals surface area contributed by atoms with Crippen LogP contribution in [0.3, 0.4) is 0 Å². The number of hydrazone groups is 1. The Balaban J connectivity index is 2.22. The van der Waals surface area contributed by atoms with Gasteiger partial charge in [0.1, 0.15) is 0 Å². The van der Waals surface area contributed by atoms with Gasteiger partial charge in [0.2, 0.25) is 0 Å². The molecule has 0 aromatic carbocycles. The molecule has 1 atom stereocenters. The van der Waals surface area contributed by atoms with E-state index in [-0.39, 0.29) is 0 Å². The standard InChI is InChI=1S/C6H8N2/c1-2-6-3-4-7-8(6)5-1/h1,4-6H,2-3H2. The lowest BCUT2D eigenvalue weighted by molar-refractivity contribution is 0.350. The smallest absolute Gasteiger partial charge is 0.0603 e. The Hall–Kier alpha value is -0.790. The Bertz CT molecular complexity index is 133. The van der Waals surface area contributed by atoms with Crippen LogP contribution in [0.4, 0.5) is 0 Å². The predicted octanol–water partition coefficient (Wildman–Crippen LogP) is 0.964. The van der Waals surface area contributed by atoms with Crippen LogP contribution in [0.2, 0.25) is 0 Å². The molecule has 1 unspecified atom stereocenters. The first-order valence-electron chi connectivity index (χ1n) is 2.94. The van der Waals surface area contributed by atoms with Gasteiger partial charge in [0.05, 0.1) is 6.04 Å². The van der Waals surface area contributed by atoms with Gasteiger partial charge in [-0.1, -0.05) is 6.08 Å². The zero-order valence-corrected chi connectivity index (χ0v) is 4.62. The molecule has 0 bridgehead atoms. The largest absolute Gasteiger partial charge is 0.270 e. The Morgan fingerprint density at radius 3 is 3.38 bits per heavy atom. The first-order chi connectivity index (χ1) is 3.97. The van der Waals surface area contributed by atoms with Crippen molar-refractivity contribution in [3.8, 4) is 0 Å². The zero-order valence-electron chi connectivity index (χ0n) is 4.62. The Kier molecular flexibility index (Phi) is 0.692. The molecule has 2 aliphatic heterocycles. The van der Waals surface area contributed by atoms with Crippen molar-refractivity contribution in [2.75, 3.05) is 0 Å². The van der Waals surface area contributed by atoms with Crippen molar-refractivity contribution in [2.45, 2.75) is 18.9 Å². The third-order valence-electron chi connectivity index (χ3n) is 1.63. The van der Waals surface area contributed by atoms with E-state index in [1.54, 1.807) is 0 Å². The van der Waals surface area contributed by atoms with Crippen molar-refractivity contribution in [1.29, 1.82) is 0 Å². The van der Waals surface area contributed by atoms with E-state index in [1.165, 1.54) is 6.42 Å². The molecule has 0 amide bonds. The molecular formula is C6H8N2. The van der Waals surface area contributed by atoms with Crippen LogP contribution in [0.15, 0.2) is 17.4 Å². The maximum absolute atomic E-state index is 4.12. The lowest BCUT2D eigenvalue weighted by Crippen LogP contribution is -2.14. The van der Waals surface area contributed by atoms with Gasteiger partial charge in [-0.2, -0.15) is 5.10 Å². The summed E-state index contributed by atoms with van der Waals surface area (Å²) in [5.41, 5.74) is 0. The molecule has 0 saturated carbocycles. The van der Waals surface area contributed by atoms with Gasteiger partial charge in [-0.25, -0.2) is 0 Å². The Morgan fingerprint density at radius 2 is 2.50 bits per heavy atom. The molecule has 0 radical (unpaired) electrons. The molecule has 0 N–H and O–H groups in total. The molecule has 0 aliphatic carbocycles. The van der Waals surface area contributed by atoms with Gasteiger partial charge in [-0.3, -0.25) is 5.01 Å². The average Bonchev–Trinajstić information content (AvgIpc) is 2.15. The van der Waals surface area contributed by atoms with E-state index in [0.717, 1.165) is 6.42 Å². The fourth-order valence-corrected chi connectivity index (χ4v) is 1.16. The molecule has 0 saturated heterocycles. The topological polar surface area (TPSA) is 15.6 Å². The van der Waals surface area contributed by atoms with Crippen LogP contribution in [0, 0.1) is 0 Å². The summed E-state index contributed by atoms with van der Waals surface area (Å²) in [4.78, 5) is 0. The zero-order chi connectivity index (χ0) is 5.40. The number of hydrogen-bond acceptors (Lipinski definition) is 2. The average molecular weight is 108 g/mol. The van der Waals surface area contributed by atoms with Crippen molar-refractivity contribution >= 4 is 6.21 Å². The van der Waals surface area contributed by atoms with Gasteiger partial charge in [-0.05, 0) is 6.42 Å². The van der Waals surface area contributed by atoms with Crippen molar-refractivity contribution in [2.24, 2.45) is 5.10 Å². The summed E-state index contributed by atoms with van der Waals surface area (Å²) in [6, 6.07) is 0.676. The van der Waals surface area contributed by atoms with E-state index in [9.17, 15) is 0 Å². The molecule has 0 aromatic rings. The molecule has 2 rings (SSSR count). The van der Waals surface area contributed by atoms with Crippen LogP contribution in [0.25, 0.3) is 0 Å². The second-order valence-corrected chi connectivity index (χ2v) is 2.19. The molecule has 0 fully saturated rings. The molecule has 2 heterocycles. The van der Waals surface area contributed by atoms with Crippen LogP contribution >= 0.6 is 0 Å². The summed E-state index contributed by atoms with van der Waals surface area (Å²) in [5.74, 6) is 0. The minimum absolute atomic E-state index is 0.676. The quantitative estimate of drug-likeness (QED) is 0.451. The summed E-state index contributed by atoms with van der Waals surface area (Å²) < 4.78 is 0. The van der Waals surface area contributed by atoms with E-state index in [0.29, 0.717) is 6.04 Å². The third-order valence-corrected chi connectivity index (χ3v) is 1.63. The van der Waals surface area contributed by atoms with Crippen LogP contribution in [0.5, 0.6) is 0 Å². The first-order valence-corrected chi connectivity index (χ1v) is 2.94. The fraction of sp³-hybridized carbons (Fsp3) is 0.500. The number of fused-ring (bicyclic) bond motifs is 1. The van der Waals surface area contributed by atoms with E-state index < -0.39 is 0 Å². The summed E-state index contributed by atoms with van der Waals surface area (Å²) in [5, 5.41) is 6.15. The van der Waals surface area contributed by atoms with Crippen LogP contribution in [-0.2, 0) is 0 Å². The molecule has 8 heavy (non-hydrogen) atoms. The lowest BCUT2D eigenvalue weighted by Gasteiger charge is -2.10. The molecule has 2 aliphatic rings. The summed E-state index contributed by atoms with van der Waals surface area (Å²) in [7, 11) is 0. The van der Waals surface area contributed by atoms with Crippen molar-refractivity contribution in [1.82, 2.24) is 5.01 Å². The highest BCUT2D eigenvalue weighted by molar-refractivity contribution is 5.60. The normalized spacial score (nSPS) is 32.0. The van der Waals surface area contributed by atoms with E-state index >= 15 is 0 Å². The highest BCUT2D eigenvalue weighted by Gasteiger charge is 2.20. The van der Waals surface area contributed by atoms with Crippen LogP contribution in [0.1, 0.15) is 12.8 Å². The van der Waals surface area contributed by atoms with Crippen LogP contribution in [-0.4, -0.2) is 17.3 Å². The molecule has 42 valence electrons. The van der Waals surface area contributed by atoms with Gasteiger partial charge in [0.25, 0.3) is 0 Å². The predicted molar refractivity (Wildman–Crippen MR) is 32.5 cm³/mol. The second-order valence-electron chi connectivity index (χ2n) is 2.19. The highest BCUT2D eigenvalue weighted by Crippen LogP contribution is 2.20. The lowest BCUT2D eigenvalue weighted by atomic mass is 10.2. The van der Waals surface area contributed by atoms with Crippen molar-refractivity contribution in [3.05, 3.63) is 12.3 Å². The minimum Gasteiger partial charge on any atom is -0.270 e. The van der Waals surface area contributed by atoms with Crippen molar-refractivity contribution < 1.29 is 0 Å². The third kappa shape index (κ3) is 0.399. The van der Waals surface area contributed by atoms with Gasteiger partial charge in [0.15, 0.2) is 0 Å². The molecular weight excluding hydrogens is 100 g/mol. The van der Waals surface area contributed by atoms with E-state index in [2.05, 4.69) is 11.2 Å². The van der Waals surface area contributed by atoms with Crippen molar-refractivity contribution in [3.63, 3.8) is 0 Å². The number of hydrogen-bond donors (Lipinski definition) is 0. The van der Waals surface area contributed by atoms with Gasteiger partial charge in [0, 0.05) is 18.8 Å². The second kappa shape index (κ2) is 1.34. The van der Waals surface area contributed by atoms with Crippen LogP contribution < -0.4 is 0 Å². The minimum atomic E-state index is 0.676. The van der Waals surface area contributed by atoms with Gasteiger partial charge < -0.3 is 0 Å². The molecule has 2 nitrogen and oxygen atoms in total. The maximum Gasteiger partial charge on any atom is 0.0603 e. The maximum atomic E-state index is 4.12. The Labute approximate surface area is 48.5 Å². The SMILES string of the molecule is C1=CN2N=CCC2C1.